The van der Waals surface area contributed by atoms with Crippen molar-refractivity contribution in [1.82, 2.24) is 10.2 Å². The fourth-order valence-electron chi connectivity index (χ4n) is 4.05. The average molecular weight is 332 g/mol. The van der Waals surface area contributed by atoms with Crippen LogP contribution in [0.1, 0.15) is 24.0 Å². The van der Waals surface area contributed by atoms with Crippen LogP contribution in [0, 0.1) is 5.92 Å². The molecule has 3 aliphatic heterocycles. The highest BCUT2D eigenvalue weighted by atomic mass is 16.1. The normalized spacial score (nSPS) is 24.6. The molecular formula is C22H24N2O. The first kappa shape index (κ1) is 16.1. The molecule has 128 valence electrons. The number of hydrogen-bond donors (Lipinski definition) is 1. The van der Waals surface area contributed by atoms with E-state index in [4.69, 9.17) is 0 Å². The number of fused-ring (bicyclic) bond motifs is 3. The first-order valence-electron chi connectivity index (χ1n) is 9.15. The number of rotatable bonds is 4. The highest BCUT2D eigenvalue weighted by Gasteiger charge is 2.34. The maximum absolute atomic E-state index is 12.7. The summed E-state index contributed by atoms with van der Waals surface area (Å²) in [6.07, 6.45) is 4.18. The van der Waals surface area contributed by atoms with Gasteiger partial charge in [-0.2, -0.15) is 0 Å². The molecule has 2 aromatic carbocycles. The van der Waals surface area contributed by atoms with Gasteiger partial charge < -0.3 is 10.2 Å². The third-order valence-corrected chi connectivity index (χ3v) is 5.43. The van der Waals surface area contributed by atoms with Crippen LogP contribution in [0.2, 0.25) is 0 Å². The average Bonchev–Trinajstić information content (AvgIpc) is 2.68. The summed E-state index contributed by atoms with van der Waals surface area (Å²) < 4.78 is 0. The third kappa shape index (κ3) is 3.67. The zero-order chi connectivity index (χ0) is 17.1. The van der Waals surface area contributed by atoms with Crippen LogP contribution in [0.3, 0.4) is 0 Å². The van der Waals surface area contributed by atoms with E-state index in [-0.39, 0.29) is 5.91 Å². The van der Waals surface area contributed by atoms with Crippen LogP contribution in [-0.2, 0) is 4.79 Å². The molecule has 1 N–H and O–H groups in total. The second-order valence-corrected chi connectivity index (χ2v) is 7.04. The minimum absolute atomic E-state index is 0.0152. The Bertz CT molecular complexity index is 705. The predicted octanol–water partition coefficient (Wildman–Crippen LogP) is 3.33. The summed E-state index contributed by atoms with van der Waals surface area (Å²) in [5.41, 5.74) is 3.11. The quantitative estimate of drug-likeness (QED) is 0.871. The minimum Gasteiger partial charge on any atom is -0.348 e. The van der Waals surface area contributed by atoms with Gasteiger partial charge in [-0.15, -0.1) is 0 Å². The molecule has 0 aromatic heterocycles. The van der Waals surface area contributed by atoms with Crippen molar-refractivity contribution in [3.63, 3.8) is 0 Å². The van der Waals surface area contributed by atoms with Crippen molar-refractivity contribution in [1.29, 1.82) is 0 Å². The zero-order valence-corrected chi connectivity index (χ0v) is 14.4. The Morgan fingerprint density at radius 3 is 1.96 bits per heavy atom. The molecule has 1 amide bonds. The molecule has 0 radical (unpaired) electrons. The van der Waals surface area contributed by atoms with Crippen LogP contribution < -0.4 is 5.32 Å². The highest BCUT2D eigenvalue weighted by molar-refractivity contribution is 5.99. The SMILES string of the molecule is O=C(C=C(c1ccccc1)c1ccccc1)NC1CN2CCC1CC2. The summed E-state index contributed by atoms with van der Waals surface area (Å²) in [5.74, 6) is 0.653. The molecule has 0 aliphatic carbocycles. The predicted molar refractivity (Wildman–Crippen MR) is 101 cm³/mol. The van der Waals surface area contributed by atoms with Gasteiger partial charge in [-0.25, -0.2) is 0 Å². The number of hydrogen-bond acceptors (Lipinski definition) is 2. The lowest BCUT2D eigenvalue weighted by atomic mass is 9.84. The van der Waals surface area contributed by atoms with Crippen LogP contribution in [-0.4, -0.2) is 36.5 Å². The molecule has 3 nitrogen and oxygen atoms in total. The number of carbonyl (C=O) groups is 1. The fourth-order valence-corrected chi connectivity index (χ4v) is 4.05. The lowest BCUT2D eigenvalue weighted by molar-refractivity contribution is -0.118. The van der Waals surface area contributed by atoms with E-state index in [0.29, 0.717) is 12.0 Å². The van der Waals surface area contributed by atoms with Crippen molar-refractivity contribution in [3.8, 4) is 0 Å². The molecule has 3 fully saturated rings. The topological polar surface area (TPSA) is 32.3 Å². The first-order valence-corrected chi connectivity index (χ1v) is 9.15. The molecule has 25 heavy (non-hydrogen) atoms. The highest BCUT2D eigenvalue weighted by Crippen LogP contribution is 2.28. The van der Waals surface area contributed by atoms with Crippen molar-refractivity contribution in [3.05, 3.63) is 77.9 Å². The molecule has 3 heteroatoms. The van der Waals surface area contributed by atoms with E-state index in [9.17, 15) is 4.79 Å². The molecule has 0 spiro atoms. The number of benzene rings is 2. The molecule has 3 saturated heterocycles. The van der Waals surface area contributed by atoms with Crippen molar-refractivity contribution < 1.29 is 4.79 Å². The van der Waals surface area contributed by atoms with Gasteiger partial charge in [-0.1, -0.05) is 60.7 Å². The fraction of sp³-hybridized carbons (Fsp3) is 0.318. The number of amides is 1. The monoisotopic (exact) mass is 332 g/mol. The van der Waals surface area contributed by atoms with Crippen LogP contribution in [0.25, 0.3) is 5.57 Å². The van der Waals surface area contributed by atoms with E-state index in [2.05, 4.69) is 34.5 Å². The summed E-state index contributed by atoms with van der Waals surface area (Å²) >= 11 is 0. The largest absolute Gasteiger partial charge is 0.348 e. The van der Waals surface area contributed by atoms with E-state index in [1.807, 2.05) is 36.4 Å². The number of carbonyl (C=O) groups excluding carboxylic acids is 1. The van der Waals surface area contributed by atoms with Gasteiger partial charge in [-0.05, 0) is 48.5 Å². The van der Waals surface area contributed by atoms with Gasteiger partial charge in [0.2, 0.25) is 5.91 Å². The Kier molecular flexibility index (Phi) is 4.66. The van der Waals surface area contributed by atoms with E-state index >= 15 is 0 Å². The van der Waals surface area contributed by atoms with Crippen LogP contribution in [0.15, 0.2) is 66.7 Å². The maximum Gasteiger partial charge on any atom is 0.244 e. The van der Waals surface area contributed by atoms with Gasteiger partial charge in [0.05, 0.1) is 0 Å². The van der Waals surface area contributed by atoms with Crippen LogP contribution >= 0.6 is 0 Å². The Morgan fingerprint density at radius 1 is 0.920 bits per heavy atom. The summed E-state index contributed by atoms with van der Waals surface area (Å²) in [6.45, 7) is 3.37. The summed E-state index contributed by atoms with van der Waals surface area (Å²) in [6, 6.07) is 20.6. The van der Waals surface area contributed by atoms with E-state index < -0.39 is 0 Å². The van der Waals surface area contributed by atoms with Crippen molar-refractivity contribution >= 4 is 11.5 Å². The van der Waals surface area contributed by atoms with Crippen LogP contribution in [0.4, 0.5) is 0 Å². The summed E-state index contributed by atoms with van der Waals surface area (Å²) in [7, 11) is 0. The number of piperidine rings is 3. The van der Waals surface area contributed by atoms with Crippen LogP contribution in [0.5, 0.6) is 0 Å². The Hall–Kier alpha value is -2.39. The second kappa shape index (κ2) is 7.24. The molecule has 2 aromatic rings. The molecule has 3 aliphatic rings. The summed E-state index contributed by atoms with van der Waals surface area (Å²) in [5, 5.41) is 3.26. The molecular weight excluding hydrogens is 308 g/mol. The number of nitrogens with zero attached hydrogens (tertiary/aromatic N) is 1. The molecule has 3 heterocycles. The standard InChI is InChI=1S/C22H24N2O/c25-22(23-21-16-24-13-11-19(21)12-14-24)15-20(17-7-3-1-4-8-17)18-9-5-2-6-10-18/h1-10,15,19,21H,11-14,16H2,(H,23,25). The molecule has 1 unspecified atom stereocenters. The number of nitrogens with one attached hydrogen (secondary N) is 1. The summed E-state index contributed by atoms with van der Waals surface area (Å²) in [4.78, 5) is 15.2. The van der Waals surface area contributed by atoms with E-state index in [0.717, 1.165) is 23.2 Å². The first-order chi connectivity index (χ1) is 12.3. The van der Waals surface area contributed by atoms with Crippen molar-refractivity contribution in [2.24, 2.45) is 5.92 Å². The molecule has 2 bridgehead atoms. The smallest absolute Gasteiger partial charge is 0.244 e. The third-order valence-electron chi connectivity index (χ3n) is 5.43. The Balaban J connectivity index is 1.57. The van der Waals surface area contributed by atoms with Crippen molar-refractivity contribution in [2.75, 3.05) is 19.6 Å². The van der Waals surface area contributed by atoms with Gasteiger partial charge in [-0.3, -0.25) is 4.79 Å². The van der Waals surface area contributed by atoms with Gasteiger partial charge in [0.1, 0.15) is 0 Å². The zero-order valence-electron chi connectivity index (χ0n) is 14.4. The van der Waals surface area contributed by atoms with Crippen molar-refractivity contribution in [2.45, 2.75) is 18.9 Å². The second-order valence-electron chi connectivity index (χ2n) is 7.04. The minimum atomic E-state index is 0.0152. The van der Waals surface area contributed by atoms with E-state index in [1.54, 1.807) is 6.08 Å². The molecule has 5 rings (SSSR count). The van der Waals surface area contributed by atoms with E-state index in [1.165, 1.54) is 25.9 Å². The van der Waals surface area contributed by atoms with Gasteiger partial charge >= 0.3 is 0 Å². The molecule has 1 atom stereocenters. The van der Waals surface area contributed by atoms with Gasteiger partial charge in [0.25, 0.3) is 0 Å². The Morgan fingerprint density at radius 2 is 1.48 bits per heavy atom. The maximum atomic E-state index is 12.7. The Labute approximate surface area is 149 Å². The lowest BCUT2D eigenvalue weighted by Gasteiger charge is -2.44. The lowest BCUT2D eigenvalue weighted by Crippen LogP contribution is -2.57. The van der Waals surface area contributed by atoms with Gasteiger partial charge in [0.15, 0.2) is 0 Å². The van der Waals surface area contributed by atoms with Gasteiger partial charge in [0, 0.05) is 18.7 Å². The molecule has 0 saturated carbocycles.